The average molecular weight is 190 g/mol. The van der Waals surface area contributed by atoms with Crippen LogP contribution in [0, 0.1) is 12.3 Å². The first kappa shape index (κ1) is 11.0. The van der Waals surface area contributed by atoms with E-state index in [0.717, 1.165) is 17.5 Å². The fourth-order valence-electron chi connectivity index (χ4n) is 1.35. The lowest BCUT2D eigenvalue weighted by Gasteiger charge is -2.21. The topological polar surface area (TPSA) is 17.1 Å². The summed E-state index contributed by atoms with van der Waals surface area (Å²) in [5.74, 6) is 0.248. The summed E-state index contributed by atoms with van der Waals surface area (Å²) in [5.41, 5.74) is 1.69. The molecule has 14 heavy (non-hydrogen) atoms. The summed E-state index contributed by atoms with van der Waals surface area (Å²) in [4.78, 5) is 12.1. The first-order valence-corrected chi connectivity index (χ1v) is 5.09. The van der Waals surface area contributed by atoms with E-state index in [1.54, 1.807) is 0 Å². The van der Waals surface area contributed by atoms with E-state index in [2.05, 4.69) is 6.92 Å². The standard InChI is InChI=1S/C13H18O/c1-5-13(3,4)12(14)11-9-7-6-8-10(11)2/h6-9H,5H2,1-4H3. The highest BCUT2D eigenvalue weighted by atomic mass is 16.1. The van der Waals surface area contributed by atoms with Crippen LogP contribution in [0.5, 0.6) is 0 Å². The second kappa shape index (κ2) is 3.95. The minimum atomic E-state index is -0.244. The predicted molar refractivity (Wildman–Crippen MR) is 59.6 cm³/mol. The van der Waals surface area contributed by atoms with Crippen molar-refractivity contribution in [2.45, 2.75) is 34.1 Å². The Kier molecular flexibility index (Phi) is 3.10. The van der Waals surface area contributed by atoms with Crippen molar-refractivity contribution in [3.8, 4) is 0 Å². The summed E-state index contributed by atoms with van der Waals surface area (Å²) < 4.78 is 0. The van der Waals surface area contributed by atoms with E-state index in [-0.39, 0.29) is 11.2 Å². The van der Waals surface area contributed by atoms with E-state index >= 15 is 0 Å². The minimum absolute atomic E-state index is 0.244. The molecule has 0 saturated carbocycles. The summed E-state index contributed by atoms with van der Waals surface area (Å²) in [7, 11) is 0. The molecular weight excluding hydrogens is 172 g/mol. The predicted octanol–water partition coefficient (Wildman–Crippen LogP) is 3.61. The maximum atomic E-state index is 12.1. The smallest absolute Gasteiger partial charge is 0.168 e. The Labute approximate surface area is 86.1 Å². The van der Waals surface area contributed by atoms with Crippen LogP contribution < -0.4 is 0 Å². The minimum Gasteiger partial charge on any atom is -0.294 e. The van der Waals surface area contributed by atoms with Crippen molar-refractivity contribution in [1.29, 1.82) is 0 Å². The highest BCUT2D eigenvalue weighted by molar-refractivity contribution is 6.01. The molecule has 0 atom stereocenters. The fraction of sp³-hybridized carbons (Fsp3) is 0.462. The number of carbonyl (C=O) groups is 1. The third kappa shape index (κ3) is 2.03. The summed E-state index contributed by atoms with van der Waals surface area (Å²) >= 11 is 0. The largest absolute Gasteiger partial charge is 0.294 e. The summed E-state index contributed by atoms with van der Waals surface area (Å²) in [5, 5.41) is 0. The molecule has 0 fully saturated rings. The van der Waals surface area contributed by atoms with Gasteiger partial charge >= 0.3 is 0 Å². The normalized spacial score (nSPS) is 11.4. The third-order valence-electron chi connectivity index (χ3n) is 2.89. The molecule has 0 amide bonds. The van der Waals surface area contributed by atoms with Crippen molar-refractivity contribution in [3.63, 3.8) is 0 Å². The van der Waals surface area contributed by atoms with Crippen LogP contribution in [0.3, 0.4) is 0 Å². The van der Waals surface area contributed by atoms with Crippen molar-refractivity contribution >= 4 is 5.78 Å². The van der Waals surface area contributed by atoms with Crippen molar-refractivity contribution in [2.75, 3.05) is 0 Å². The lowest BCUT2D eigenvalue weighted by Crippen LogP contribution is -2.23. The molecule has 1 aromatic rings. The van der Waals surface area contributed by atoms with Gasteiger partial charge in [-0.15, -0.1) is 0 Å². The van der Waals surface area contributed by atoms with E-state index in [9.17, 15) is 4.79 Å². The number of hydrogen-bond acceptors (Lipinski definition) is 1. The molecule has 0 aliphatic heterocycles. The third-order valence-corrected chi connectivity index (χ3v) is 2.89. The molecule has 0 bridgehead atoms. The quantitative estimate of drug-likeness (QED) is 0.665. The molecule has 1 rings (SSSR count). The number of aryl methyl sites for hydroxylation is 1. The van der Waals surface area contributed by atoms with Crippen LogP contribution in [0.15, 0.2) is 24.3 Å². The number of carbonyl (C=O) groups excluding carboxylic acids is 1. The van der Waals surface area contributed by atoms with Crippen LogP contribution >= 0.6 is 0 Å². The lowest BCUT2D eigenvalue weighted by molar-refractivity contribution is 0.0832. The number of benzene rings is 1. The van der Waals surface area contributed by atoms with Crippen molar-refractivity contribution < 1.29 is 4.79 Å². The van der Waals surface area contributed by atoms with Crippen molar-refractivity contribution in [1.82, 2.24) is 0 Å². The summed E-state index contributed by atoms with van der Waals surface area (Å²) in [6.07, 6.45) is 0.875. The molecule has 0 aliphatic carbocycles. The van der Waals surface area contributed by atoms with Crippen LogP contribution in [0.1, 0.15) is 43.1 Å². The molecule has 0 radical (unpaired) electrons. The zero-order valence-corrected chi connectivity index (χ0v) is 9.42. The van der Waals surface area contributed by atoms with Gasteiger partial charge < -0.3 is 0 Å². The Morgan fingerprint density at radius 3 is 2.36 bits per heavy atom. The van der Waals surface area contributed by atoms with Gasteiger partial charge in [-0.25, -0.2) is 0 Å². The summed E-state index contributed by atoms with van der Waals surface area (Å²) in [6, 6.07) is 7.78. The molecule has 0 unspecified atom stereocenters. The molecule has 0 saturated heterocycles. The molecule has 1 nitrogen and oxygen atoms in total. The lowest BCUT2D eigenvalue weighted by atomic mass is 9.81. The average Bonchev–Trinajstić information content (AvgIpc) is 2.17. The van der Waals surface area contributed by atoms with Gasteiger partial charge in [0.1, 0.15) is 0 Å². The monoisotopic (exact) mass is 190 g/mol. The van der Waals surface area contributed by atoms with Crippen LogP contribution in [0.2, 0.25) is 0 Å². The zero-order chi connectivity index (χ0) is 10.8. The maximum absolute atomic E-state index is 12.1. The second-order valence-corrected chi connectivity index (χ2v) is 4.38. The highest BCUT2D eigenvalue weighted by Crippen LogP contribution is 2.26. The van der Waals surface area contributed by atoms with Gasteiger partial charge in [0.05, 0.1) is 0 Å². The van der Waals surface area contributed by atoms with Crippen LogP contribution in [-0.4, -0.2) is 5.78 Å². The van der Waals surface area contributed by atoms with Gasteiger partial charge in [-0.05, 0) is 18.9 Å². The molecule has 1 aromatic carbocycles. The summed E-state index contributed by atoms with van der Waals surface area (Å²) in [6.45, 7) is 8.04. The molecule has 1 heteroatoms. The van der Waals surface area contributed by atoms with E-state index in [1.165, 1.54) is 0 Å². The van der Waals surface area contributed by atoms with Crippen LogP contribution in [0.25, 0.3) is 0 Å². The highest BCUT2D eigenvalue weighted by Gasteiger charge is 2.27. The van der Waals surface area contributed by atoms with Crippen molar-refractivity contribution in [3.05, 3.63) is 35.4 Å². The van der Waals surface area contributed by atoms with Crippen molar-refractivity contribution in [2.24, 2.45) is 5.41 Å². The second-order valence-electron chi connectivity index (χ2n) is 4.38. The van der Waals surface area contributed by atoms with Gasteiger partial charge in [-0.2, -0.15) is 0 Å². The Morgan fingerprint density at radius 2 is 1.86 bits per heavy atom. The maximum Gasteiger partial charge on any atom is 0.168 e. The van der Waals surface area contributed by atoms with Gasteiger partial charge in [-0.1, -0.05) is 45.0 Å². The van der Waals surface area contributed by atoms with Gasteiger partial charge in [0.25, 0.3) is 0 Å². The van der Waals surface area contributed by atoms with Gasteiger partial charge in [0, 0.05) is 11.0 Å². The number of Topliss-reactive ketones (excluding diaryl/α,β-unsaturated/α-hetero) is 1. The molecule has 76 valence electrons. The Hall–Kier alpha value is -1.11. The Morgan fingerprint density at radius 1 is 1.29 bits per heavy atom. The van der Waals surface area contributed by atoms with E-state index in [0.29, 0.717) is 0 Å². The first-order valence-electron chi connectivity index (χ1n) is 5.09. The SMILES string of the molecule is CCC(C)(C)C(=O)c1ccccc1C. The van der Waals surface area contributed by atoms with E-state index in [1.807, 2.05) is 45.0 Å². The van der Waals surface area contributed by atoms with E-state index < -0.39 is 0 Å². The molecule has 0 spiro atoms. The van der Waals surface area contributed by atoms with Gasteiger partial charge in [0.2, 0.25) is 0 Å². The fourth-order valence-corrected chi connectivity index (χ4v) is 1.35. The Balaban J connectivity index is 3.07. The number of ketones is 1. The molecule has 0 aliphatic rings. The Bertz CT molecular complexity index is 337. The van der Waals surface area contributed by atoms with Gasteiger partial charge in [-0.3, -0.25) is 4.79 Å². The zero-order valence-electron chi connectivity index (χ0n) is 9.42. The van der Waals surface area contributed by atoms with Gasteiger partial charge in [0.15, 0.2) is 5.78 Å². The molecule has 0 heterocycles. The first-order chi connectivity index (χ1) is 6.49. The van der Waals surface area contributed by atoms with Crippen LogP contribution in [-0.2, 0) is 0 Å². The number of hydrogen-bond donors (Lipinski definition) is 0. The molecule has 0 N–H and O–H groups in total. The molecular formula is C13H18O. The number of rotatable bonds is 3. The van der Waals surface area contributed by atoms with Crippen LogP contribution in [0.4, 0.5) is 0 Å². The molecule has 0 aromatic heterocycles. The van der Waals surface area contributed by atoms with E-state index in [4.69, 9.17) is 0 Å².